The van der Waals surface area contributed by atoms with Gasteiger partial charge in [0.25, 0.3) is 0 Å². The Morgan fingerprint density at radius 2 is 1.88 bits per heavy atom. The lowest BCUT2D eigenvalue weighted by Gasteiger charge is -2.02. The van der Waals surface area contributed by atoms with E-state index >= 15 is 0 Å². The third-order valence-electron chi connectivity index (χ3n) is 1.86. The van der Waals surface area contributed by atoms with Crippen molar-refractivity contribution in [3.63, 3.8) is 0 Å². The maximum absolute atomic E-state index is 11.1. The van der Waals surface area contributed by atoms with Gasteiger partial charge in [-0.25, -0.2) is 4.18 Å². The second-order valence-electron chi connectivity index (χ2n) is 3.02. The standard InChI is InChI=1S/C10H12O5S/c1-14-16(12,13)15-10(11)8-7-9-5-3-2-4-6-9/h2-6H,7-8H2,1H3. The van der Waals surface area contributed by atoms with Gasteiger partial charge in [0, 0.05) is 0 Å². The van der Waals surface area contributed by atoms with Crippen LogP contribution in [0.1, 0.15) is 12.0 Å². The van der Waals surface area contributed by atoms with Gasteiger partial charge < -0.3 is 4.18 Å². The van der Waals surface area contributed by atoms with Gasteiger partial charge in [-0.15, -0.1) is 0 Å². The summed E-state index contributed by atoms with van der Waals surface area (Å²) in [6, 6.07) is 9.23. The van der Waals surface area contributed by atoms with Gasteiger partial charge in [0.2, 0.25) is 0 Å². The highest BCUT2D eigenvalue weighted by Crippen LogP contribution is 2.05. The molecule has 16 heavy (non-hydrogen) atoms. The maximum atomic E-state index is 11.1. The first-order valence-corrected chi connectivity index (χ1v) is 5.93. The molecule has 0 aromatic heterocycles. The quantitative estimate of drug-likeness (QED) is 0.774. The number of rotatable bonds is 5. The van der Waals surface area contributed by atoms with E-state index < -0.39 is 16.4 Å². The van der Waals surface area contributed by atoms with Gasteiger partial charge in [-0.1, -0.05) is 30.3 Å². The monoisotopic (exact) mass is 244 g/mol. The Bertz CT molecular complexity index is 438. The normalized spacial score (nSPS) is 11.1. The predicted octanol–water partition coefficient (Wildman–Crippen LogP) is 1.05. The van der Waals surface area contributed by atoms with Crippen molar-refractivity contribution in [2.24, 2.45) is 0 Å². The summed E-state index contributed by atoms with van der Waals surface area (Å²) in [5.41, 5.74) is 0.939. The van der Waals surface area contributed by atoms with Crippen molar-refractivity contribution >= 4 is 16.4 Å². The van der Waals surface area contributed by atoms with Crippen LogP contribution in [0, 0.1) is 0 Å². The van der Waals surface area contributed by atoms with E-state index in [4.69, 9.17) is 0 Å². The molecule has 0 amide bonds. The molecule has 0 fully saturated rings. The number of benzene rings is 1. The number of aryl methyl sites for hydroxylation is 1. The first kappa shape index (κ1) is 12.7. The van der Waals surface area contributed by atoms with E-state index in [1.165, 1.54) is 0 Å². The van der Waals surface area contributed by atoms with Gasteiger partial charge in [-0.2, -0.15) is 8.42 Å². The van der Waals surface area contributed by atoms with Crippen molar-refractivity contribution in [3.05, 3.63) is 35.9 Å². The van der Waals surface area contributed by atoms with E-state index in [1.807, 2.05) is 30.3 Å². The predicted molar refractivity (Wildman–Crippen MR) is 56.8 cm³/mol. The molecule has 1 rings (SSSR count). The van der Waals surface area contributed by atoms with E-state index in [9.17, 15) is 13.2 Å². The molecule has 0 saturated heterocycles. The first-order valence-electron chi connectivity index (χ1n) is 4.60. The Labute approximate surface area is 94.3 Å². The molecule has 0 N–H and O–H groups in total. The van der Waals surface area contributed by atoms with Crippen molar-refractivity contribution in [3.8, 4) is 0 Å². The number of hydrogen-bond acceptors (Lipinski definition) is 5. The van der Waals surface area contributed by atoms with E-state index in [2.05, 4.69) is 8.37 Å². The van der Waals surface area contributed by atoms with Crippen molar-refractivity contribution in [2.75, 3.05) is 7.11 Å². The minimum absolute atomic E-state index is 0.00734. The van der Waals surface area contributed by atoms with E-state index in [-0.39, 0.29) is 6.42 Å². The summed E-state index contributed by atoms with van der Waals surface area (Å²) < 4.78 is 29.6. The Morgan fingerprint density at radius 1 is 1.25 bits per heavy atom. The van der Waals surface area contributed by atoms with E-state index in [0.717, 1.165) is 12.7 Å². The second-order valence-corrected chi connectivity index (χ2v) is 4.33. The minimum Gasteiger partial charge on any atom is -0.325 e. The number of hydrogen-bond donors (Lipinski definition) is 0. The van der Waals surface area contributed by atoms with Crippen LogP contribution in [0.5, 0.6) is 0 Å². The molecule has 1 aromatic rings. The molecule has 0 bridgehead atoms. The van der Waals surface area contributed by atoms with Crippen LogP contribution in [0.4, 0.5) is 0 Å². The van der Waals surface area contributed by atoms with Crippen LogP contribution >= 0.6 is 0 Å². The third-order valence-corrected chi connectivity index (χ3v) is 2.66. The fourth-order valence-corrected chi connectivity index (χ4v) is 1.46. The van der Waals surface area contributed by atoms with Crippen LogP contribution in [0.2, 0.25) is 0 Å². The SMILES string of the molecule is COS(=O)(=O)OC(=O)CCc1ccccc1. The maximum Gasteiger partial charge on any atom is 0.451 e. The summed E-state index contributed by atoms with van der Waals surface area (Å²) in [7, 11) is -3.24. The lowest BCUT2D eigenvalue weighted by atomic mass is 10.1. The summed E-state index contributed by atoms with van der Waals surface area (Å²) in [5.74, 6) is -0.828. The van der Waals surface area contributed by atoms with Crippen molar-refractivity contribution < 1.29 is 21.6 Å². The smallest absolute Gasteiger partial charge is 0.325 e. The van der Waals surface area contributed by atoms with Gasteiger partial charge >= 0.3 is 16.4 Å². The lowest BCUT2D eigenvalue weighted by Crippen LogP contribution is -2.14. The van der Waals surface area contributed by atoms with Gasteiger partial charge in [0.05, 0.1) is 13.5 Å². The summed E-state index contributed by atoms with van der Waals surface area (Å²) in [5, 5.41) is 0. The molecule has 0 unspecified atom stereocenters. The van der Waals surface area contributed by atoms with Gasteiger partial charge in [-0.05, 0) is 12.0 Å². The summed E-state index contributed by atoms with van der Waals surface area (Å²) in [6.07, 6.45) is 0.422. The molecule has 0 heterocycles. The van der Waals surface area contributed by atoms with Crippen LogP contribution in [0.25, 0.3) is 0 Å². The molecule has 0 aliphatic carbocycles. The van der Waals surface area contributed by atoms with Crippen LogP contribution in [0.15, 0.2) is 30.3 Å². The highest BCUT2D eigenvalue weighted by atomic mass is 32.3. The largest absolute Gasteiger partial charge is 0.451 e. The zero-order valence-corrected chi connectivity index (χ0v) is 9.57. The van der Waals surface area contributed by atoms with E-state index in [1.54, 1.807) is 0 Å². The molecular weight excluding hydrogens is 232 g/mol. The van der Waals surface area contributed by atoms with Gasteiger partial charge in [0.1, 0.15) is 0 Å². The molecule has 6 heteroatoms. The summed E-state index contributed by atoms with van der Waals surface area (Å²) in [4.78, 5) is 11.1. The minimum atomic E-state index is -4.17. The summed E-state index contributed by atoms with van der Waals surface area (Å²) in [6.45, 7) is 0. The average Bonchev–Trinajstić information content (AvgIpc) is 2.27. The van der Waals surface area contributed by atoms with Gasteiger partial charge in [0.15, 0.2) is 0 Å². The molecule has 5 nitrogen and oxygen atoms in total. The molecule has 0 aliphatic rings. The molecular formula is C10H12O5S. The van der Waals surface area contributed by atoms with Gasteiger partial charge in [-0.3, -0.25) is 4.79 Å². The van der Waals surface area contributed by atoms with Crippen molar-refractivity contribution in [1.29, 1.82) is 0 Å². The first-order chi connectivity index (χ1) is 7.53. The Morgan fingerprint density at radius 3 is 2.44 bits per heavy atom. The molecule has 0 radical (unpaired) electrons. The molecule has 0 atom stereocenters. The Balaban J connectivity index is 2.43. The molecule has 0 saturated carbocycles. The second kappa shape index (κ2) is 5.62. The van der Waals surface area contributed by atoms with Crippen LogP contribution in [-0.4, -0.2) is 21.5 Å². The highest BCUT2D eigenvalue weighted by molar-refractivity contribution is 7.82. The van der Waals surface area contributed by atoms with Crippen molar-refractivity contribution in [2.45, 2.75) is 12.8 Å². The fourth-order valence-electron chi connectivity index (χ4n) is 1.08. The molecule has 1 aromatic carbocycles. The molecule has 0 spiro atoms. The topological polar surface area (TPSA) is 69.7 Å². The highest BCUT2D eigenvalue weighted by Gasteiger charge is 2.15. The molecule has 88 valence electrons. The van der Waals surface area contributed by atoms with Crippen LogP contribution in [-0.2, 0) is 30.0 Å². The Hall–Kier alpha value is -1.40. The fraction of sp³-hybridized carbons (Fsp3) is 0.300. The number of carbonyl (C=O) groups excluding carboxylic acids is 1. The zero-order chi connectivity index (χ0) is 12.0. The zero-order valence-electron chi connectivity index (χ0n) is 8.75. The molecule has 0 aliphatic heterocycles. The van der Waals surface area contributed by atoms with Crippen LogP contribution < -0.4 is 0 Å². The number of carbonyl (C=O) groups is 1. The Kier molecular flexibility index (Phi) is 4.45. The summed E-state index contributed by atoms with van der Waals surface area (Å²) >= 11 is 0. The van der Waals surface area contributed by atoms with Crippen LogP contribution in [0.3, 0.4) is 0 Å². The van der Waals surface area contributed by atoms with E-state index in [0.29, 0.717) is 6.42 Å². The van der Waals surface area contributed by atoms with Crippen molar-refractivity contribution in [1.82, 2.24) is 0 Å². The average molecular weight is 244 g/mol. The lowest BCUT2D eigenvalue weighted by molar-refractivity contribution is -0.134. The third kappa shape index (κ3) is 4.41.